The molecule has 0 aliphatic carbocycles. The Morgan fingerprint density at radius 2 is 0.941 bits per heavy atom. The maximum absolute atomic E-state index is 9.53. The molecule has 0 saturated heterocycles. The van der Waals surface area contributed by atoms with Crippen molar-refractivity contribution in [2.75, 3.05) is 0 Å². The van der Waals surface area contributed by atoms with Gasteiger partial charge < -0.3 is 30.0 Å². The van der Waals surface area contributed by atoms with E-state index in [9.17, 15) is 29.4 Å². The quantitative estimate of drug-likeness (QED) is 0.391. The smallest absolute Gasteiger partial charge is 0.545 e. The number of carbonyl (C=O) groups excluding carboxylic acids is 2. The number of carboxylic acids is 4. The van der Waals surface area contributed by atoms with Crippen LogP contribution in [0.3, 0.4) is 0 Å². The van der Waals surface area contributed by atoms with E-state index < -0.39 is 23.9 Å². The maximum Gasteiger partial charge on any atom is 2.00 e. The summed E-state index contributed by atoms with van der Waals surface area (Å²) in [5.74, 6) is -5.61. The average molecular weight is 270 g/mol. The van der Waals surface area contributed by atoms with Gasteiger partial charge in [-0.3, -0.25) is 0 Å². The maximum atomic E-state index is 9.53. The second-order valence-corrected chi connectivity index (χ2v) is 1.98. The fourth-order valence-electron chi connectivity index (χ4n) is 0.279. The van der Waals surface area contributed by atoms with Crippen molar-refractivity contribution in [2.45, 2.75) is 0 Å². The molecular weight excluding hydrogens is 264 g/mol. The van der Waals surface area contributed by atoms with Crippen LogP contribution in [0.4, 0.5) is 0 Å². The SMILES string of the molecule is O=C([O-])/C=C\C(=O)O.O=C([O-])/C=C\C(=O)O.[Ca+2]. The van der Waals surface area contributed by atoms with E-state index in [1.165, 1.54) is 0 Å². The van der Waals surface area contributed by atoms with E-state index in [0.717, 1.165) is 0 Å². The molecule has 0 bridgehead atoms. The Morgan fingerprint density at radius 1 is 0.706 bits per heavy atom. The summed E-state index contributed by atoms with van der Waals surface area (Å²) >= 11 is 0. The second-order valence-electron chi connectivity index (χ2n) is 1.98. The molecule has 0 unspecified atom stereocenters. The van der Waals surface area contributed by atoms with E-state index >= 15 is 0 Å². The minimum atomic E-state index is -1.51. The first-order chi connectivity index (χ1) is 7.25. The van der Waals surface area contributed by atoms with Crippen LogP contribution in [-0.2, 0) is 19.2 Å². The van der Waals surface area contributed by atoms with E-state index in [4.69, 9.17) is 10.2 Å². The van der Waals surface area contributed by atoms with Gasteiger partial charge in [-0.05, 0) is 12.2 Å². The first kappa shape index (κ1) is 21.0. The summed E-state index contributed by atoms with van der Waals surface area (Å²) < 4.78 is 0. The summed E-state index contributed by atoms with van der Waals surface area (Å²) in [6.07, 6.45) is 1.88. The molecule has 2 N–H and O–H groups in total. The summed E-state index contributed by atoms with van der Waals surface area (Å²) in [6, 6.07) is 0. The Morgan fingerprint density at radius 3 is 1.00 bits per heavy atom. The molecule has 17 heavy (non-hydrogen) atoms. The molecule has 0 spiro atoms. The molecule has 0 amide bonds. The van der Waals surface area contributed by atoms with Gasteiger partial charge in [-0.25, -0.2) is 9.59 Å². The number of aliphatic carboxylic acids is 4. The van der Waals surface area contributed by atoms with Crippen molar-refractivity contribution in [3.63, 3.8) is 0 Å². The van der Waals surface area contributed by atoms with Crippen molar-refractivity contribution < 1.29 is 39.6 Å². The molecule has 0 aromatic heterocycles. The summed E-state index contributed by atoms with van der Waals surface area (Å²) in [4.78, 5) is 37.9. The molecule has 0 heterocycles. The molecule has 8 nitrogen and oxygen atoms in total. The monoisotopic (exact) mass is 270 g/mol. The van der Waals surface area contributed by atoms with Gasteiger partial charge in [0.1, 0.15) is 0 Å². The standard InChI is InChI=1S/2C4H4O4.Ca/c2*5-3(6)1-2-4(7)8;/h2*1-2H,(H,5,6)(H,7,8);/q;;+2/p-2/b2*2-1-;. The molecule has 0 atom stereocenters. The van der Waals surface area contributed by atoms with Crippen LogP contribution in [0.1, 0.15) is 0 Å². The largest absolute Gasteiger partial charge is 2.00 e. The van der Waals surface area contributed by atoms with Crippen molar-refractivity contribution in [2.24, 2.45) is 0 Å². The Kier molecular flexibility index (Phi) is 15.6. The predicted octanol–water partition coefficient (Wildman–Crippen LogP) is -3.63. The third-order valence-corrected chi connectivity index (χ3v) is 0.724. The van der Waals surface area contributed by atoms with Gasteiger partial charge >= 0.3 is 49.7 Å². The molecule has 0 rings (SSSR count). The minimum Gasteiger partial charge on any atom is -0.545 e. The topological polar surface area (TPSA) is 155 Å². The van der Waals surface area contributed by atoms with Crippen molar-refractivity contribution in [1.82, 2.24) is 0 Å². The molecule has 0 radical (unpaired) electrons. The third-order valence-electron chi connectivity index (χ3n) is 0.724. The Bertz CT molecular complexity index is 277. The average Bonchev–Trinajstić information content (AvgIpc) is 2.12. The minimum absolute atomic E-state index is 0. The van der Waals surface area contributed by atoms with Gasteiger partial charge in [0.15, 0.2) is 0 Å². The number of carboxylic acid groups (broad SMARTS) is 4. The van der Waals surface area contributed by atoms with Gasteiger partial charge in [0.25, 0.3) is 0 Å². The van der Waals surface area contributed by atoms with E-state index in [-0.39, 0.29) is 37.7 Å². The van der Waals surface area contributed by atoms with Gasteiger partial charge in [0.05, 0.1) is 11.9 Å². The Labute approximate surface area is 125 Å². The fourth-order valence-corrected chi connectivity index (χ4v) is 0.279. The molecule has 0 aromatic rings. The van der Waals surface area contributed by atoms with Crippen LogP contribution in [0.15, 0.2) is 24.3 Å². The molecule has 0 aromatic carbocycles. The van der Waals surface area contributed by atoms with Gasteiger partial charge in [-0.1, -0.05) is 0 Å². The first-order valence-electron chi connectivity index (χ1n) is 3.49. The molecule has 9 heteroatoms. The molecule has 0 aliphatic rings. The zero-order valence-electron chi connectivity index (χ0n) is 8.36. The van der Waals surface area contributed by atoms with Gasteiger partial charge in [-0.2, -0.15) is 0 Å². The Hall–Kier alpha value is -1.38. The summed E-state index contributed by atoms with van der Waals surface area (Å²) in [7, 11) is 0. The zero-order chi connectivity index (χ0) is 13.1. The van der Waals surface area contributed by atoms with Gasteiger partial charge in [-0.15, -0.1) is 0 Å². The molecule has 88 valence electrons. The number of hydrogen-bond acceptors (Lipinski definition) is 6. The summed E-state index contributed by atoms with van der Waals surface area (Å²) in [6.45, 7) is 0. The van der Waals surface area contributed by atoms with Crippen LogP contribution >= 0.6 is 0 Å². The predicted molar refractivity (Wildman–Crippen MR) is 49.3 cm³/mol. The van der Waals surface area contributed by atoms with Crippen molar-refractivity contribution in [3.05, 3.63) is 24.3 Å². The second kappa shape index (κ2) is 12.7. The van der Waals surface area contributed by atoms with E-state index in [0.29, 0.717) is 24.3 Å². The number of hydrogen-bond donors (Lipinski definition) is 2. The first-order valence-corrected chi connectivity index (χ1v) is 3.49. The van der Waals surface area contributed by atoms with Crippen LogP contribution in [0.25, 0.3) is 0 Å². The van der Waals surface area contributed by atoms with Crippen LogP contribution in [0.5, 0.6) is 0 Å². The van der Waals surface area contributed by atoms with Crippen molar-refractivity contribution in [3.8, 4) is 0 Å². The molecule has 0 fully saturated rings. The number of carbonyl (C=O) groups is 4. The van der Waals surface area contributed by atoms with Crippen LogP contribution in [-0.4, -0.2) is 71.8 Å². The van der Waals surface area contributed by atoms with E-state index in [1.807, 2.05) is 0 Å². The normalized spacial score (nSPS) is 8.94. The third kappa shape index (κ3) is 31.3. The molecular formula is C8H6CaO8. The van der Waals surface area contributed by atoms with Crippen molar-refractivity contribution in [1.29, 1.82) is 0 Å². The Balaban J connectivity index is -0.000000218. The van der Waals surface area contributed by atoms with Gasteiger partial charge in [0.2, 0.25) is 0 Å². The van der Waals surface area contributed by atoms with E-state index in [1.54, 1.807) is 0 Å². The summed E-state index contributed by atoms with van der Waals surface area (Å²) in [5.41, 5.74) is 0. The number of rotatable bonds is 4. The summed E-state index contributed by atoms with van der Waals surface area (Å²) in [5, 5.41) is 34.5. The van der Waals surface area contributed by atoms with Crippen LogP contribution < -0.4 is 10.2 Å². The van der Waals surface area contributed by atoms with Gasteiger partial charge in [0, 0.05) is 12.2 Å². The van der Waals surface area contributed by atoms with Crippen molar-refractivity contribution >= 4 is 61.6 Å². The van der Waals surface area contributed by atoms with E-state index in [2.05, 4.69) is 0 Å². The van der Waals surface area contributed by atoms with Crippen LogP contribution in [0.2, 0.25) is 0 Å². The zero-order valence-corrected chi connectivity index (χ0v) is 10.6. The molecule has 0 aliphatic heterocycles. The fraction of sp³-hybridized carbons (Fsp3) is 0. The molecule has 0 saturated carbocycles. The van der Waals surface area contributed by atoms with Crippen LogP contribution in [0, 0.1) is 0 Å².